The van der Waals surface area contributed by atoms with Crippen molar-refractivity contribution in [2.45, 2.75) is 117 Å². The van der Waals surface area contributed by atoms with Crippen molar-refractivity contribution in [1.29, 1.82) is 0 Å². The molecule has 0 unspecified atom stereocenters. The molecule has 0 rings (SSSR count). The Balaban J connectivity index is 0. The molecule has 26 heavy (non-hydrogen) atoms. The van der Waals surface area contributed by atoms with Crippen LogP contribution in [-0.4, -0.2) is 27.8 Å². The lowest BCUT2D eigenvalue weighted by Crippen LogP contribution is -2.16. The smallest absolute Gasteiger partial charge is 0.317 e. The zero-order valence-electron chi connectivity index (χ0n) is 17.4. The molecule has 0 aromatic heterocycles. The van der Waals surface area contributed by atoms with Gasteiger partial charge in [-0.2, -0.15) is 0 Å². The van der Waals surface area contributed by atoms with Crippen LogP contribution in [0.4, 0.5) is 0 Å². The van der Waals surface area contributed by atoms with Crippen molar-refractivity contribution in [3.8, 4) is 0 Å². The van der Waals surface area contributed by atoms with Gasteiger partial charge in [0.15, 0.2) is 0 Å². The molecule has 0 atom stereocenters. The first-order chi connectivity index (χ1) is 12.4. The van der Waals surface area contributed by atoms with Gasteiger partial charge in [0.05, 0.1) is 0 Å². The molecule has 0 saturated carbocycles. The minimum atomic E-state index is -4.64. The fraction of sp³-hybridized carbons (Fsp3) is 1.00. The van der Waals surface area contributed by atoms with Crippen LogP contribution >= 0.6 is 7.82 Å². The summed E-state index contributed by atoms with van der Waals surface area (Å²) in [6.45, 7) is 7.06. The fourth-order valence-corrected chi connectivity index (χ4v) is 2.89. The van der Waals surface area contributed by atoms with Crippen LogP contribution in [0.1, 0.15) is 117 Å². The molecule has 0 heterocycles. The maximum Gasteiger partial charge on any atom is 0.466 e. The minimum Gasteiger partial charge on any atom is -0.317 e. The summed E-state index contributed by atoms with van der Waals surface area (Å²) in [5.74, 6) is 0. The van der Waals surface area contributed by atoms with Gasteiger partial charge in [-0.3, -0.25) is 0 Å². The molecule has 0 fully saturated rings. The second kappa shape index (κ2) is 23.1. The Kier molecular flexibility index (Phi) is 25.1. The molecule has 160 valence electrons. The van der Waals surface area contributed by atoms with Crippen molar-refractivity contribution < 1.29 is 19.2 Å². The molecule has 0 aliphatic heterocycles. The van der Waals surface area contributed by atoms with Gasteiger partial charge >= 0.3 is 7.82 Å². The normalized spacial score (nSPS) is 11.3. The number of hydrogen-bond acceptors (Lipinski definition) is 2. The van der Waals surface area contributed by atoms with E-state index in [9.17, 15) is 0 Å². The highest BCUT2D eigenvalue weighted by molar-refractivity contribution is 7.45. The van der Waals surface area contributed by atoms with Crippen LogP contribution < -0.4 is 5.32 Å². The lowest BCUT2D eigenvalue weighted by molar-refractivity contribution is 0.275. The molecule has 0 spiro atoms. The number of phosphoric acid groups is 1. The van der Waals surface area contributed by atoms with Crippen LogP contribution in [0.5, 0.6) is 0 Å². The van der Waals surface area contributed by atoms with Crippen LogP contribution in [-0.2, 0) is 4.57 Å². The SMILES string of the molecule is CCCCCCCCCCCCNCCCCCCCC.O=P(O)(O)O. The highest BCUT2D eigenvalue weighted by Gasteiger charge is 2.00. The van der Waals surface area contributed by atoms with E-state index in [2.05, 4.69) is 19.2 Å². The van der Waals surface area contributed by atoms with Crippen molar-refractivity contribution in [3.63, 3.8) is 0 Å². The van der Waals surface area contributed by atoms with Crippen molar-refractivity contribution in [2.75, 3.05) is 13.1 Å². The lowest BCUT2D eigenvalue weighted by atomic mass is 10.1. The van der Waals surface area contributed by atoms with Gasteiger partial charge < -0.3 is 20.0 Å². The average molecular weight is 396 g/mol. The Labute approximate surface area is 162 Å². The average Bonchev–Trinajstić information content (AvgIpc) is 2.56. The van der Waals surface area contributed by atoms with Crippen molar-refractivity contribution in [2.24, 2.45) is 0 Å². The number of nitrogens with one attached hydrogen (secondary N) is 1. The monoisotopic (exact) mass is 395 g/mol. The molecule has 0 aromatic carbocycles. The first-order valence-corrected chi connectivity index (χ1v) is 12.5. The lowest BCUT2D eigenvalue weighted by Gasteiger charge is -2.05. The van der Waals surface area contributed by atoms with Gasteiger partial charge in [0.2, 0.25) is 0 Å². The molecule has 0 radical (unpaired) electrons. The summed E-state index contributed by atoms with van der Waals surface area (Å²) in [5.41, 5.74) is 0. The van der Waals surface area contributed by atoms with E-state index in [4.69, 9.17) is 19.2 Å². The summed E-state index contributed by atoms with van der Waals surface area (Å²) >= 11 is 0. The van der Waals surface area contributed by atoms with E-state index >= 15 is 0 Å². The number of rotatable bonds is 18. The van der Waals surface area contributed by atoms with E-state index in [1.165, 1.54) is 116 Å². The topological polar surface area (TPSA) is 89.8 Å². The van der Waals surface area contributed by atoms with E-state index in [0.29, 0.717) is 0 Å². The van der Waals surface area contributed by atoms with Gasteiger partial charge in [0.1, 0.15) is 0 Å². The van der Waals surface area contributed by atoms with E-state index in [1.807, 2.05) is 0 Å². The van der Waals surface area contributed by atoms with E-state index in [1.54, 1.807) is 0 Å². The summed E-state index contributed by atoms with van der Waals surface area (Å²) in [5, 5.41) is 3.60. The van der Waals surface area contributed by atoms with Crippen molar-refractivity contribution in [1.82, 2.24) is 5.32 Å². The third-order valence-electron chi connectivity index (χ3n) is 4.41. The Hall–Kier alpha value is 0.0700. The molecule has 4 N–H and O–H groups in total. The van der Waals surface area contributed by atoms with Gasteiger partial charge in [0.25, 0.3) is 0 Å². The van der Waals surface area contributed by atoms with Crippen LogP contribution in [0.25, 0.3) is 0 Å². The predicted molar refractivity (Wildman–Crippen MR) is 112 cm³/mol. The van der Waals surface area contributed by atoms with Crippen molar-refractivity contribution >= 4 is 7.82 Å². The minimum absolute atomic E-state index is 1.24. The van der Waals surface area contributed by atoms with Crippen LogP contribution in [0.15, 0.2) is 0 Å². The molecule has 0 aliphatic carbocycles. The highest BCUT2D eigenvalue weighted by Crippen LogP contribution is 2.25. The summed E-state index contributed by atoms with van der Waals surface area (Å²) in [6, 6.07) is 0. The Morgan fingerprint density at radius 1 is 0.538 bits per heavy atom. The Morgan fingerprint density at radius 3 is 1.04 bits per heavy atom. The standard InChI is InChI=1S/C20H43N.H3O4P/c1-3-5-7-9-11-12-13-14-16-18-20-21-19-17-15-10-8-6-4-2;1-5(2,3)4/h21H,3-20H2,1-2H3;(H3,1,2,3,4). The van der Waals surface area contributed by atoms with Gasteiger partial charge in [-0.05, 0) is 25.9 Å². The maximum absolute atomic E-state index is 8.88. The summed E-state index contributed by atoms with van der Waals surface area (Å²) < 4.78 is 8.88. The van der Waals surface area contributed by atoms with Gasteiger partial charge in [0, 0.05) is 0 Å². The third-order valence-corrected chi connectivity index (χ3v) is 4.41. The number of unbranched alkanes of at least 4 members (excludes halogenated alkanes) is 14. The fourth-order valence-electron chi connectivity index (χ4n) is 2.89. The molecule has 6 heteroatoms. The molecule has 0 amide bonds. The second-order valence-electron chi connectivity index (χ2n) is 7.21. The molecule has 0 bridgehead atoms. The zero-order chi connectivity index (χ0) is 19.9. The summed E-state index contributed by atoms with van der Waals surface area (Å²) in [7, 11) is -4.64. The maximum atomic E-state index is 8.88. The molecular formula is C20H46NO4P. The van der Waals surface area contributed by atoms with Gasteiger partial charge in [-0.25, -0.2) is 4.57 Å². The predicted octanol–water partition coefficient (Wildman–Crippen LogP) is 5.93. The largest absolute Gasteiger partial charge is 0.466 e. The van der Waals surface area contributed by atoms with Crippen LogP contribution in [0, 0.1) is 0 Å². The molecule has 0 aliphatic rings. The van der Waals surface area contributed by atoms with Gasteiger partial charge in [-0.15, -0.1) is 0 Å². The summed E-state index contributed by atoms with van der Waals surface area (Å²) in [6.07, 6.45) is 22.8. The third kappa shape index (κ3) is 39.2. The molecule has 5 nitrogen and oxygen atoms in total. The molecular weight excluding hydrogens is 349 g/mol. The van der Waals surface area contributed by atoms with E-state index in [-0.39, 0.29) is 0 Å². The molecule has 0 saturated heterocycles. The Bertz CT molecular complexity index is 271. The quantitative estimate of drug-likeness (QED) is 0.171. The first kappa shape index (κ1) is 28.3. The van der Waals surface area contributed by atoms with Crippen molar-refractivity contribution in [3.05, 3.63) is 0 Å². The second-order valence-corrected chi connectivity index (χ2v) is 8.24. The zero-order valence-corrected chi connectivity index (χ0v) is 18.3. The number of hydrogen-bond donors (Lipinski definition) is 4. The first-order valence-electron chi connectivity index (χ1n) is 10.9. The van der Waals surface area contributed by atoms with Crippen LogP contribution in [0.2, 0.25) is 0 Å². The van der Waals surface area contributed by atoms with E-state index in [0.717, 1.165) is 0 Å². The van der Waals surface area contributed by atoms with E-state index < -0.39 is 7.82 Å². The molecule has 0 aromatic rings. The van der Waals surface area contributed by atoms with Gasteiger partial charge in [-0.1, -0.05) is 104 Å². The van der Waals surface area contributed by atoms with Crippen LogP contribution in [0.3, 0.4) is 0 Å². The summed E-state index contributed by atoms with van der Waals surface area (Å²) in [4.78, 5) is 21.6. The Morgan fingerprint density at radius 2 is 0.769 bits per heavy atom. The highest BCUT2D eigenvalue weighted by atomic mass is 31.2.